The molecular formula is C20H22N4O4. The van der Waals surface area contributed by atoms with Gasteiger partial charge in [0.05, 0.1) is 5.69 Å². The number of anilines is 1. The molecule has 8 heteroatoms. The minimum Gasteiger partial charge on any atom is -0.454 e. The van der Waals surface area contributed by atoms with Crippen molar-refractivity contribution in [1.82, 2.24) is 14.5 Å². The van der Waals surface area contributed by atoms with Gasteiger partial charge in [-0.15, -0.1) is 0 Å². The van der Waals surface area contributed by atoms with Crippen molar-refractivity contribution in [2.75, 3.05) is 25.2 Å². The van der Waals surface area contributed by atoms with Gasteiger partial charge in [0.15, 0.2) is 17.3 Å². The van der Waals surface area contributed by atoms with E-state index in [-0.39, 0.29) is 18.6 Å². The number of imidazole rings is 1. The second-order valence-electron chi connectivity index (χ2n) is 7.36. The van der Waals surface area contributed by atoms with Crippen molar-refractivity contribution in [3.63, 3.8) is 0 Å². The molecule has 0 unspecified atom stereocenters. The summed E-state index contributed by atoms with van der Waals surface area (Å²) in [5.41, 5.74) is 1.94. The molecule has 0 saturated carbocycles. The molecule has 0 bridgehead atoms. The molecule has 28 heavy (non-hydrogen) atoms. The Bertz CT molecular complexity index is 946. The van der Waals surface area contributed by atoms with Crippen LogP contribution in [0.25, 0.3) is 0 Å². The normalized spacial score (nSPS) is 17.5. The van der Waals surface area contributed by atoms with Crippen molar-refractivity contribution in [2.45, 2.75) is 38.6 Å². The second-order valence-corrected chi connectivity index (χ2v) is 7.36. The molecule has 3 aliphatic rings. The first kappa shape index (κ1) is 17.1. The van der Waals surface area contributed by atoms with E-state index >= 15 is 0 Å². The summed E-state index contributed by atoms with van der Waals surface area (Å²) >= 11 is 0. The van der Waals surface area contributed by atoms with Crippen LogP contribution in [0.3, 0.4) is 0 Å². The average Bonchev–Trinajstić information content (AvgIpc) is 3.46. The van der Waals surface area contributed by atoms with Gasteiger partial charge in [-0.1, -0.05) is 0 Å². The Kier molecular flexibility index (Phi) is 4.18. The zero-order valence-electron chi connectivity index (χ0n) is 15.6. The molecular weight excluding hydrogens is 360 g/mol. The lowest BCUT2D eigenvalue weighted by Crippen LogP contribution is -2.29. The van der Waals surface area contributed by atoms with Crippen LogP contribution in [0.15, 0.2) is 18.2 Å². The van der Waals surface area contributed by atoms with Crippen LogP contribution in [0.2, 0.25) is 0 Å². The van der Waals surface area contributed by atoms with Crippen LogP contribution in [-0.2, 0) is 13.0 Å². The number of carbonyl (C=O) groups is 2. The first-order chi connectivity index (χ1) is 13.7. The Labute approximate surface area is 162 Å². The number of ether oxygens (including phenoxy) is 2. The van der Waals surface area contributed by atoms with E-state index in [1.54, 1.807) is 18.2 Å². The minimum atomic E-state index is -0.317. The number of rotatable bonds is 3. The van der Waals surface area contributed by atoms with Crippen molar-refractivity contribution < 1.29 is 19.1 Å². The first-order valence-electron chi connectivity index (χ1n) is 9.80. The quantitative estimate of drug-likeness (QED) is 0.881. The number of amides is 2. The average molecular weight is 382 g/mol. The van der Waals surface area contributed by atoms with E-state index in [9.17, 15) is 9.59 Å². The molecule has 3 aliphatic heterocycles. The molecule has 5 rings (SSSR count). The van der Waals surface area contributed by atoms with Gasteiger partial charge in [-0.05, 0) is 44.2 Å². The lowest BCUT2D eigenvalue weighted by molar-refractivity contribution is 0.0786. The number of nitrogens with one attached hydrogen (secondary N) is 1. The predicted molar refractivity (Wildman–Crippen MR) is 101 cm³/mol. The zero-order valence-corrected chi connectivity index (χ0v) is 15.6. The van der Waals surface area contributed by atoms with E-state index in [0.717, 1.165) is 50.9 Å². The summed E-state index contributed by atoms with van der Waals surface area (Å²) in [5.74, 6) is 1.20. The lowest BCUT2D eigenvalue weighted by atomic mass is 10.1. The second kappa shape index (κ2) is 6.85. The van der Waals surface area contributed by atoms with E-state index < -0.39 is 0 Å². The van der Waals surface area contributed by atoms with Crippen molar-refractivity contribution >= 4 is 17.5 Å². The summed E-state index contributed by atoms with van der Waals surface area (Å²) in [4.78, 5) is 32.2. The topological polar surface area (TPSA) is 85.7 Å². The maximum Gasteiger partial charge on any atom is 0.291 e. The molecule has 1 N–H and O–H groups in total. The number of likely N-dealkylation sites (tertiary alicyclic amines) is 1. The standard InChI is InChI=1S/C20H22N4O4/c25-19(21-13-6-7-15-16(11-13)28-12-27-15)18-22-17(14-5-1-2-10-24(14)18)20(26)23-8-3-4-9-23/h6-7,11H,1-5,8-10,12H2,(H,21,25). The third-order valence-electron chi connectivity index (χ3n) is 5.55. The zero-order chi connectivity index (χ0) is 19.1. The summed E-state index contributed by atoms with van der Waals surface area (Å²) in [5, 5.41) is 2.88. The highest BCUT2D eigenvalue weighted by Crippen LogP contribution is 2.34. The smallest absolute Gasteiger partial charge is 0.291 e. The summed E-state index contributed by atoms with van der Waals surface area (Å²) in [6, 6.07) is 5.26. The Hall–Kier alpha value is -3.03. The molecule has 146 valence electrons. The molecule has 0 aliphatic carbocycles. The highest BCUT2D eigenvalue weighted by molar-refractivity contribution is 6.04. The Morgan fingerprint density at radius 3 is 2.64 bits per heavy atom. The fraction of sp³-hybridized carbons (Fsp3) is 0.450. The Balaban J connectivity index is 1.44. The van der Waals surface area contributed by atoms with Crippen molar-refractivity contribution in [3.8, 4) is 11.5 Å². The number of carbonyl (C=O) groups excluding carboxylic acids is 2. The molecule has 1 saturated heterocycles. The maximum atomic E-state index is 13.0. The summed E-state index contributed by atoms with van der Waals surface area (Å²) in [6.07, 6.45) is 4.82. The van der Waals surface area contributed by atoms with E-state index in [1.165, 1.54) is 0 Å². The van der Waals surface area contributed by atoms with Crippen molar-refractivity contribution in [2.24, 2.45) is 0 Å². The number of benzene rings is 1. The van der Waals surface area contributed by atoms with Crippen LogP contribution in [0.4, 0.5) is 5.69 Å². The molecule has 8 nitrogen and oxygen atoms in total. The highest BCUT2D eigenvalue weighted by Gasteiger charge is 2.31. The van der Waals surface area contributed by atoms with Crippen LogP contribution >= 0.6 is 0 Å². The number of hydrogen-bond donors (Lipinski definition) is 1. The third kappa shape index (κ3) is 2.89. The summed E-state index contributed by atoms with van der Waals surface area (Å²) in [7, 11) is 0. The molecule has 0 radical (unpaired) electrons. The van der Waals surface area contributed by atoms with Gasteiger partial charge in [0.1, 0.15) is 5.69 Å². The Morgan fingerprint density at radius 1 is 1.00 bits per heavy atom. The van der Waals surface area contributed by atoms with Gasteiger partial charge in [0.25, 0.3) is 11.8 Å². The van der Waals surface area contributed by atoms with Crippen LogP contribution < -0.4 is 14.8 Å². The minimum absolute atomic E-state index is 0.0507. The van der Waals surface area contributed by atoms with Crippen LogP contribution in [0.1, 0.15) is 52.5 Å². The van der Waals surface area contributed by atoms with E-state index in [4.69, 9.17) is 9.47 Å². The van der Waals surface area contributed by atoms with Gasteiger partial charge >= 0.3 is 0 Å². The first-order valence-corrected chi connectivity index (χ1v) is 9.80. The van der Waals surface area contributed by atoms with E-state index in [1.807, 2.05) is 9.47 Å². The molecule has 2 aromatic rings. The SMILES string of the molecule is O=C(Nc1ccc2c(c1)OCO2)c1nc(C(=O)N2CCCC2)c2n1CCCC2. The lowest BCUT2D eigenvalue weighted by Gasteiger charge is -2.18. The molecule has 2 amide bonds. The van der Waals surface area contributed by atoms with Gasteiger partial charge in [-0.3, -0.25) is 9.59 Å². The van der Waals surface area contributed by atoms with Crippen LogP contribution in [-0.4, -0.2) is 46.1 Å². The molecule has 4 heterocycles. The van der Waals surface area contributed by atoms with E-state index in [0.29, 0.717) is 35.2 Å². The number of aromatic nitrogens is 2. The highest BCUT2D eigenvalue weighted by atomic mass is 16.7. The largest absolute Gasteiger partial charge is 0.454 e. The van der Waals surface area contributed by atoms with Gasteiger partial charge in [0, 0.05) is 31.4 Å². The van der Waals surface area contributed by atoms with Crippen LogP contribution in [0, 0.1) is 0 Å². The monoisotopic (exact) mass is 382 g/mol. The van der Waals surface area contributed by atoms with E-state index in [2.05, 4.69) is 10.3 Å². The number of nitrogens with zero attached hydrogens (tertiary/aromatic N) is 3. The molecule has 1 fully saturated rings. The predicted octanol–water partition coefficient (Wildman–Crippen LogP) is 2.44. The van der Waals surface area contributed by atoms with Crippen molar-refractivity contribution in [3.05, 3.63) is 35.4 Å². The molecule has 0 spiro atoms. The van der Waals surface area contributed by atoms with Crippen LogP contribution in [0.5, 0.6) is 11.5 Å². The van der Waals surface area contributed by atoms with Crippen molar-refractivity contribution in [1.29, 1.82) is 0 Å². The molecule has 0 atom stereocenters. The number of hydrogen-bond acceptors (Lipinski definition) is 5. The van der Waals surface area contributed by atoms with Gasteiger partial charge in [-0.2, -0.15) is 0 Å². The third-order valence-corrected chi connectivity index (χ3v) is 5.55. The van der Waals surface area contributed by atoms with Gasteiger partial charge < -0.3 is 24.3 Å². The van der Waals surface area contributed by atoms with Gasteiger partial charge in [0.2, 0.25) is 6.79 Å². The maximum absolute atomic E-state index is 13.0. The summed E-state index contributed by atoms with van der Waals surface area (Å²) < 4.78 is 12.6. The van der Waals surface area contributed by atoms with Gasteiger partial charge in [-0.25, -0.2) is 4.98 Å². The fourth-order valence-corrected chi connectivity index (χ4v) is 4.12. The summed E-state index contributed by atoms with van der Waals surface area (Å²) in [6.45, 7) is 2.43. The Morgan fingerprint density at radius 2 is 1.79 bits per heavy atom. The molecule has 1 aromatic carbocycles. The number of fused-ring (bicyclic) bond motifs is 2. The fourth-order valence-electron chi connectivity index (χ4n) is 4.12. The molecule has 1 aromatic heterocycles.